The number of hydrogen-bond donors (Lipinski definition) is 0. The summed E-state index contributed by atoms with van der Waals surface area (Å²) in [5, 5.41) is 0. The number of Topliss-reactive ketones (excluding diaryl/α,β-unsaturated/α-hetero) is 1. The fraction of sp³-hybridized carbons (Fsp3) is 0.688. The van der Waals surface area contributed by atoms with Crippen LogP contribution >= 0.6 is 0 Å². The van der Waals surface area contributed by atoms with E-state index < -0.39 is 40.3 Å². The van der Waals surface area contributed by atoms with Gasteiger partial charge in [0.25, 0.3) is 0 Å². The number of hydrogen-bond acceptors (Lipinski definition) is 8. The molecule has 0 radical (unpaired) electrons. The highest BCUT2D eigenvalue weighted by Crippen LogP contribution is 2.68. The maximum atomic E-state index is 14.5. The Hall–Kier alpha value is -2.90. The molecule has 1 aromatic rings. The van der Waals surface area contributed by atoms with Gasteiger partial charge in [-0.05, 0) is 49.2 Å². The number of esters is 3. The van der Waals surface area contributed by atoms with E-state index in [4.69, 9.17) is 18.6 Å². The highest BCUT2D eigenvalue weighted by Gasteiger charge is 2.68. The predicted molar refractivity (Wildman–Crippen MR) is 144 cm³/mol. The predicted octanol–water partition coefficient (Wildman–Crippen LogP) is 5.75. The van der Waals surface area contributed by atoms with Crippen molar-refractivity contribution in [3.8, 4) is 0 Å². The number of methoxy groups -OCH3 is 1. The third-order valence-electron chi connectivity index (χ3n) is 11.1. The van der Waals surface area contributed by atoms with Crippen LogP contribution in [-0.2, 0) is 33.4 Å². The molecule has 0 aromatic carbocycles. The summed E-state index contributed by atoms with van der Waals surface area (Å²) < 4.78 is 22.6. The van der Waals surface area contributed by atoms with Crippen LogP contribution in [0.1, 0.15) is 91.7 Å². The smallest absolute Gasteiger partial charge is 0.310 e. The van der Waals surface area contributed by atoms with Crippen LogP contribution in [0, 0.1) is 39.9 Å². The maximum Gasteiger partial charge on any atom is 0.310 e. The third-order valence-corrected chi connectivity index (χ3v) is 11.1. The summed E-state index contributed by atoms with van der Waals surface area (Å²) in [4.78, 5) is 53.4. The first-order valence-electron chi connectivity index (χ1n) is 14.6. The highest BCUT2D eigenvalue weighted by atomic mass is 16.6. The van der Waals surface area contributed by atoms with E-state index in [0.717, 1.165) is 29.6 Å². The number of rotatable bonds is 6. The quantitative estimate of drug-likeness (QED) is 0.248. The lowest BCUT2D eigenvalue weighted by molar-refractivity contribution is -0.200. The zero-order chi connectivity index (χ0) is 29.2. The van der Waals surface area contributed by atoms with Crippen molar-refractivity contribution in [2.45, 2.75) is 92.3 Å². The molecule has 1 aromatic heterocycles. The lowest BCUT2D eigenvalue weighted by atomic mass is 9.40. The normalized spacial score (nSPS) is 37.1. The molecule has 0 unspecified atom stereocenters. The van der Waals surface area contributed by atoms with Crippen molar-refractivity contribution < 1.29 is 37.8 Å². The van der Waals surface area contributed by atoms with Crippen molar-refractivity contribution in [1.29, 1.82) is 0 Å². The van der Waals surface area contributed by atoms with Crippen LogP contribution in [0.15, 0.2) is 34.2 Å². The molecule has 0 amide bonds. The molecular weight excluding hydrogens is 512 g/mol. The number of allylic oxidation sites excluding steroid dienone is 1. The van der Waals surface area contributed by atoms with Gasteiger partial charge in [0.05, 0.1) is 37.9 Å². The standard InChI is InChI=1S/C32H42O8/c1-8-17(2)29(36)40-28-20-13-19-21(32(6,26(20)35)23(30(28,3)4)15-24(33)37-7)9-11-31(5)22(19)14-25(34)39-27(31)18-10-12-38-16-18/h10,12,16-17,20-21,23,27-28H,8-9,11,13-15H2,1-7H3/t17-,20+,21-,23-,27-,28+,31+,32+/m0/s1. The highest BCUT2D eigenvalue weighted by molar-refractivity contribution is 5.92. The molecule has 0 N–H and O–H groups in total. The monoisotopic (exact) mass is 554 g/mol. The fourth-order valence-electron chi connectivity index (χ4n) is 8.60. The van der Waals surface area contributed by atoms with Gasteiger partial charge >= 0.3 is 17.9 Å². The van der Waals surface area contributed by atoms with Gasteiger partial charge in [-0.25, -0.2) is 0 Å². The first kappa shape index (κ1) is 28.6. The molecule has 2 heterocycles. The Balaban J connectivity index is 1.67. The van der Waals surface area contributed by atoms with E-state index in [0.29, 0.717) is 12.8 Å². The van der Waals surface area contributed by atoms with Crippen LogP contribution in [0.2, 0.25) is 0 Å². The number of cyclic esters (lactones) is 1. The Bertz CT molecular complexity index is 1240. The molecule has 8 atom stereocenters. The summed E-state index contributed by atoms with van der Waals surface area (Å²) in [5.74, 6) is -2.39. The SMILES string of the molecule is CC[C@H](C)C(=O)O[C@@H]1[C@@H]2CC3=C4CC(=O)O[C@@H](c5ccoc5)[C@]4(C)CC[C@@H]3[C@@](C)(C2=O)[C@@H](CC(=O)OC)C1(C)C. The maximum absolute atomic E-state index is 14.5. The Morgan fingerprint density at radius 3 is 2.52 bits per heavy atom. The average Bonchev–Trinajstić information content (AvgIpc) is 3.45. The molecule has 40 heavy (non-hydrogen) atoms. The molecule has 218 valence electrons. The first-order valence-corrected chi connectivity index (χ1v) is 14.6. The van der Waals surface area contributed by atoms with Gasteiger partial charge < -0.3 is 18.6 Å². The molecule has 2 saturated carbocycles. The summed E-state index contributed by atoms with van der Waals surface area (Å²) in [6.07, 6.45) is 4.74. The number of ether oxygens (including phenoxy) is 3. The molecular formula is C32H42O8. The van der Waals surface area contributed by atoms with Gasteiger partial charge in [-0.3, -0.25) is 19.2 Å². The summed E-state index contributed by atoms with van der Waals surface area (Å²) in [6, 6.07) is 1.84. The van der Waals surface area contributed by atoms with Crippen molar-refractivity contribution in [1.82, 2.24) is 0 Å². The van der Waals surface area contributed by atoms with Gasteiger partial charge in [0.1, 0.15) is 18.0 Å². The van der Waals surface area contributed by atoms with Crippen molar-refractivity contribution >= 4 is 23.7 Å². The van der Waals surface area contributed by atoms with Gasteiger partial charge in [-0.15, -0.1) is 0 Å². The third kappa shape index (κ3) is 4.07. The van der Waals surface area contributed by atoms with Gasteiger partial charge in [-0.1, -0.05) is 47.1 Å². The number of fused-ring (bicyclic) bond motifs is 5. The van der Waals surface area contributed by atoms with E-state index in [9.17, 15) is 19.2 Å². The van der Waals surface area contributed by atoms with Crippen LogP contribution in [0.25, 0.3) is 0 Å². The minimum atomic E-state index is -0.879. The molecule has 3 fully saturated rings. The van der Waals surface area contributed by atoms with E-state index in [2.05, 4.69) is 6.92 Å². The van der Waals surface area contributed by atoms with Crippen molar-refractivity contribution in [3.05, 3.63) is 35.3 Å². The van der Waals surface area contributed by atoms with Crippen molar-refractivity contribution in [2.24, 2.45) is 39.9 Å². The molecule has 4 aliphatic rings. The minimum Gasteiger partial charge on any atom is -0.472 e. The zero-order valence-electron chi connectivity index (χ0n) is 24.7. The lowest BCUT2D eigenvalue weighted by Crippen LogP contribution is -2.66. The Labute approximate surface area is 236 Å². The molecule has 5 rings (SSSR count). The van der Waals surface area contributed by atoms with E-state index >= 15 is 0 Å². The number of furan rings is 1. The molecule has 8 nitrogen and oxygen atoms in total. The summed E-state index contributed by atoms with van der Waals surface area (Å²) in [6.45, 7) is 11.9. The lowest BCUT2D eigenvalue weighted by Gasteiger charge is -2.63. The van der Waals surface area contributed by atoms with Gasteiger partial charge in [-0.2, -0.15) is 0 Å². The van der Waals surface area contributed by atoms with Gasteiger partial charge in [0, 0.05) is 28.2 Å². The Morgan fingerprint density at radius 2 is 1.90 bits per heavy atom. The molecule has 1 aliphatic heterocycles. The summed E-state index contributed by atoms with van der Waals surface area (Å²) >= 11 is 0. The van der Waals surface area contributed by atoms with Crippen molar-refractivity contribution in [3.63, 3.8) is 0 Å². The summed E-state index contributed by atoms with van der Waals surface area (Å²) in [7, 11) is 1.36. The fourth-order valence-corrected chi connectivity index (χ4v) is 8.60. The minimum absolute atomic E-state index is 0.0467. The number of carbonyl (C=O) groups excluding carboxylic acids is 4. The molecule has 3 aliphatic carbocycles. The van der Waals surface area contributed by atoms with Crippen LogP contribution in [0.4, 0.5) is 0 Å². The van der Waals surface area contributed by atoms with E-state index in [1.54, 1.807) is 12.5 Å². The molecule has 8 heteroatoms. The van der Waals surface area contributed by atoms with Crippen LogP contribution < -0.4 is 0 Å². The Kier molecular flexibility index (Phi) is 7.07. The largest absolute Gasteiger partial charge is 0.472 e. The van der Waals surface area contributed by atoms with Crippen molar-refractivity contribution in [2.75, 3.05) is 7.11 Å². The second-order valence-corrected chi connectivity index (χ2v) is 13.4. The number of ketones is 1. The second kappa shape index (κ2) is 9.88. The Morgan fingerprint density at radius 1 is 1.18 bits per heavy atom. The molecule has 2 bridgehead atoms. The number of carbonyl (C=O) groups is 4. The summed E-state index contributed by atoms with van der Waals surface area (Å²) in [5.41, 5.74) is 0.947. The average molecular weight is 555 g/mol. The zero-order valence-corrected chi connectivity index (χ0v) is 24.7. The van der Waals surface area contributed by atoms with Gasteiger partial charge in [0.2, 0.25) is 0 Å². The van der Waals surface area contributed by atoms with E-state index in [1.807, 2.05) is 40.7 Å². The van der Waals surface area contributed by atoms with E-state index in [-0.39, 0.29) is 48.4 Å². The second-order valence-electron chi connectivity index (χ2n) is 13.4. The molecule has 1 saturated heterocycles. The van der Waals surface area contributed by atoms with Crippen LogP contribution in [0.5, 0.6) is 0 Å². The van der Waals surface area contributed by atoms with E-state index in [1.165, 1.54) is 7.11 Å². The molecule has 0 spiro atoms. The first-order chi connectivity index (χ1) is 18.8. The topological polar surface area (TPSA) is 109 Å². The van der Waals surface area contributed by atoms with Gasteiger partial charge in [0.15, 0.2) is 0 Å². The van der Waals surface area contributed by atoms with Crippen LogP contribution in [0.3, 0.4) is 0 Å². The van der Waals surface area contributed by atoms with Crippen LogP contribution in [-0.4, -0.2) is 36.9 Å².